The lowest BCUT2D eigenvalue weighted by Crippen LogP contribution is -2.41. The third kappa shape index (κ3) is 4.18. The molecule has 1 aromatic heterocycles. The highest BCUT2D eigenvalue weighted by Crippen LogP contribution is 2.46. The number of benzene rings is 2. The van der Waals surface area contributed by atoms with Crippen LogP contribution in [0, 0.1) is 17.3 Å². The van der Waals surface area contributed by atoms with Gasteiger partial charge in [-0.1, -0.05) is 75.1 Å². The van der Waals surface area contributed by atoms with Crippen molar-refractivity contribution in [2.24, 2.45) is 5.41 Å². The fourth-order valence-corrected chi connectivity index (χ4v) is 5.30. The second-order valence-electron chi connectivity index (χ2n) is 10.8. The van der Waals surface area contributed by atoms with Gasteiger partial charge in [0.25, 0.3) is 0 Å². The van der Waals surface area contributed by atoms with E-state index in [-0.39, 0.29) is 17.9 Å². The lowest BCUT2D eigenvalue weighted by Gasteiger charge is -2.33. The van der Waals surface area contributed by atoms with Crippen LogP contribution in [0.1, 0.15) is 61.6 Å². The fourth-order valence-electron chi connectivity index (χ4n) is 5.30. The third-order valence-electron chi connectivity index (χ3n) is 7.31. The average Bonchev–Trinajstić information content (AvgIpc) is 3.38. The standard InChI is InChI=1S/C31H31N3O2/c1-21(23-11-6-5-7-12-23)34(29(36)30(2,3)4)17-9-10-22-14-15-24-19-31(20-25(24)18-22)26-13-8-16-32-27(26)33-28(31)35/h5-8,11-16,18,21H,17,19-20H2,1-4H3,(H,32,33,35)/t21-,31-/m1/s1. The molecule has 0 saturated heterocycles. The zero-order chi connectivity index (χ0) is 25.5. The number of hydrogen-bond acceptors (Lipinski definition) is 3. The van der Waals surface area contributed by atoms with Crippen LogP contribution in [0.2, 0.25) is 0 Å². The Morgan fingerprint density at radius 1 is 1.08 bits per heavy atom. The maximum absolute atomic E-state index is 13.3. The molecule has 2 atom stereocenters. The molecule has 1 N–H and O–H groups in total. The van der Waals surface area contributed by atoms with Crippen molar-refractivity contribution in [1.82, 2.24) is 9.88 Å². The number of pyridine rings is 1. The molecule has 1 aliphatic heterocycles. The molecule has 1 aliphatic carbocycles. The lowest BCUT2D eigenvalue weighted by atomic mass is 9.79. The first-order chi connectivity index (χ1) is 17.2. The number of anilines is 1. The summed E-state index contributed by atoms with van der Waals surface area (Å²) in [5.74, 6) is 7.28. The first kappa shape index (κ1) is 23.8. The summed E-state index contributed by atoms with van der Waals surface area (Å²) < 4.78 is 0. The molecular formula is C31H31N3O2. The van der Waals surface area contributed by atoms with Crippen molar-refractivity contribution in [2.75, 3.05) is 11.9 Å². The van der Waals surface area contributed by atoms with E-state index in [0.717, 1.165) is 22.3 Å². The Hall–Kier alpha value is -3.91. The normalized spacial score (nSPS) is 18.6. The molecular weight excluding hydrogens is 446 g/mol. The molecule has 2 amide bonds. The zero-order valence-corrected chi connectivity index (χ0v) is 21.3. The van der Waals surface area contributed by atoms with Crippen LogP contribution in [0.3, 0.4) is 0 Å². The van der Waals surface area contributed by atoms with Crippen molar-refractivity contribution >= 4 is 17.6 Å². The first-order valence-corrected chi connectivity index (χ1v) is 12.4. The Morgan fingerprint density at radius 3 is 2.58 bits per heavy atom. The fraction of sp³-hybridized carbons (Fsp3) is 0.323. The van der Waals surface area contributed by atoms with Crippen molar-refractivity contribution < 1.29 is 9.59 Å². The molecule has 36 heavy (non-hydrogen) atoms. The van der Waals surface area contributed by atoms with Gasteiger partial charge in [-0.05, 0) is 54.7 Å². The number of rotatable bonds is 3. The van der Waals surface area contributed by atoms with Crippen LogP contribution < -0.4 is 5.32 Å². The highest BCUT2D eigenvalue weighted by molar-refractivity contribution is 6.06. The van der Waals surface area contributed by atoms with Gasteiger partial charge in [0.05, 0.1) is 18.0 Å². The molecule has 0 fully saturated rings. The minimum Gasteiger partial charge on any atom is -0.324 e. The first-order valence-electron chi connectivity index (χ1n) is 12.4. The minimum atomic E-state index is -0.584. The summed E-state index contributed by atoms with van der Waals surface area (Å²) in [7, 11) is 0. The molecule has 5 nitrogen and oxygen atoms in total. The largest absolute Gasteiger partial charge is 0.324 e. The van der Waals surface area contributed by atoms with Crippen LogP contribution in [0.4, 0.5) is 5.82 Å². The molecule has 5 rings (SSSR count). The summed E-state index contributed by atoms with van der Waals surface area (Å²) in [6, 6.07) is 20.1. The minimum absolute atomic E-state index is 0.0197. The van der Waals surface area contributed by atoms with Crippen molar-refractivity contribution in [1.29, 1.82) is 0 Å². The molecule has 0 bridgehead atoms. The number of carbonyl (C=O) groups excluding carboxylic acids is 2. The third-order valence-corrected chi connectivity index (χ3v) is 7.31. The van der Waals surface area contributed by atoms with Crippen LogP contribution >= 0.6 is 0 Å². The lowest BCUT2D eigenvalue weighted by molar-refractivity contribution is -0.141. The van der Waals surface area contributed by atoms with Gasteiger partial charge >= 0.3 is 0 Å². The van der Waals surface area contributed by atoms with Gasteiger partial charge in [0.1, 0.15) is 5.82 Å². The van der Waals surface area contributed by atoms with E-state index in [9.17, 15) is 9.59 Å². The van der Waals surface area contributed by atoms with Gasteiger partial charge in [-0.3, -0.25) is 9.59 Å². The molecule has 0 unspecified atom stereocenters. The Morgan fingerprint density at radius 2 is 1.83 bits per heavy atom. The van der Waals surface area contributed by atoms with Crippen LogP contribution in [-0.4, -0.2) is 28.2 Å². The maximum Gasteiger partial charge on any atom is 0.237 e. The van der Waals surface area contributed by atoms with Crippen molar-refractivity contribution in [3.63, 3.8) is 0 Å². The molecule has 5 heteroatoms. The van der Waals surface area contributed by atoms with Gasteiger partial charge in [0.2, 0.25) is 11.8 Å². The molecule has 2 heterocycles. The van der Waals surface area contributed by atoms with E-state index < -0.39 is 10.8 Å². The molecule has 2 aromatic carbocycles. The van der Waals surface area contributed by atoms with Gasteiger partial charge in [-0.25, -0.2) is 4.98 Å². The SMILES string of the molecule is C[C@H](c1ccccc1)N(CC#Cc1ccc2c(c1)C[C@@]1(C2)C(=O)Nc2ncccc21)C(=O)C(C)(C)C. The number of nitrogens with zero attached hydrogens (tertiary/aromatic N) is 2. The second kappa shape index (κ2) is 8.95. The van der Waals surface area contributed by atoms with Gasteiger partial charge in [-0.15, -0.1) is 0 Å². The van der Waals surface area contributed by atoms with Crippen molar-refractivity contribution in [3.05, 3.63) is 94.7 Å². The number of fused-ring (bicyclic) bond motifs is 3. The van der Waals surface area contributed by atoms with E-state index in [4.69, 9.17) is 0 Å². The highest BCUT2D eigenvalue weighted by Gasteiger charge is 2.51. The summed E-state index contributed by atoms with van der Waals surface area (Å²) in [5.41, 5.74) is 4.20. The Bertz CT molecular complexity index is 1390. The summed E-state index contributed by atoms with van der Waals surface area (Å²) >= 11 is 0. The van der Waals surface area contributed by atoms with Crippen LogP contribution in [0.15, 0.2) is 66.9 Å². The van der Waals surface area contributed by atoms with E-state index in [2.05, 4.69) is 41.2 Å². The Kier molecular flexibility index (Phi) is 5.92. The quantitative estimate of drug-likeness (QED) is 0.537. The van der Waals surface area contributed by atoms with Crippen LogP contribution in [0.5, 0.6) is 0 Å². The summed E-state index contributed by atoms with van der Waals surface area (Å²) in [6.45, 7) is 8.22. The molecule has 1 spiro atoms. The number of nitrogens with one attached hydrogen (secondary N) is 1. The second-order valence-corrected chi connectivity index (χ2v) is 10.8. The van der Waals surface area contributed by atoms with Crippen molar-refractivity contribution in [2.45, 2.75) is 52.0 Å². The van der Waals surface area contributed by atoms with Gasteiger partial charge < -0.3 is 10.2 Å². The molecule has 182 valence electrons. The van der Waals surface area contributed by atoms with Gasteiger partial charge in [0.15, 0.2) is 0 Å². The molecule has 0 radical (unpaired) electrons. The Balaban J connectivity index is 1.38. The zero-order valence-electron chi connectivity index (χ0n) is 21.3. The predicted octanol–water partition coefficient (Wildman–Crippen LogP) is 5.06. The smallest absolute Gasteiger partial charge is 0.237 e. The molecule has 0 saturated carbocycles. The number of amides is 2. The van der Waals surface area contributed by atoms with E-state index in [0.29, 0.717) is 25.2 Å². The summed E-state index contributed by atoms with van der Waals surface area (Å²) in [4.78, 5) is 32.4. The van der Waals surface area contributed by atoms with E-state index in [1.807, 2.05) is 74.2 Å². The number of hydrogen-bond donors (Lipinski definition) is 1. The number of aromatic nitrogens is 1. The number of carbonyl (C=O) groups is 2. The topological polar surface area (TPSA) is 62.3 Å². The van der Waals surface area contributed by atoms with Crippen LogP contribution in [-0.2, 0) is 27.8 Å². The Labute approximate surface area is 212 Å². The predicted molar refractivity (Wildman–Crippen MR) is 141 cm³/mol. The average molecular weight is 478 g/mol. The summed E-state index contributed by atoms with van der Waals surface area (Å²) in [6.07, 6.45) is 3.02. The highest BCUT2D eigenvalue weighted by atomic mass is 16.2. The monoisotopic (exact) mass is 477 g/mol. The van der Waals surface area contributed by atoms with Crippen molar-refractivity contribution in [3.8, 4) is 11.8 Å². The molecule has 2 aliphatic rings. The van der Waals surface area contributed by atoms with E-state index in [1.165, 1.54) is 5.56 Å². The van der Waals surface area contributed by atoms with Gasteiger partial charge in [0, 0.05) is 22.7 Å². The summed E-state index contributed by atoms with van der Waals surface area (Å²) in [5, 5.41) is 2.96. The van der Waals surface area contributed by atoms with Gasteiger partial charge in [-0.2, -0.15) is 0 Å². The maximum atomic E-state index is 13.3. The molecule has 3 aromatic rings. The van der Waals surface area contributed by atoms with E-state index >= 15 is 0 Å². The van der Waals surface area contributed by atoms with E-state index in [1.54, 1.807) is 6.20 Å². The van der Waals surface area contributed by atoms with Crippen LogP contribution in [0.25, 0.3) is 0 Å².